The van der Waals surface area contributed by atoms with E-state index in [4.69, 9.17) is 27.9 Å². The van der Waals surface area contributed by atoms with Crippen LogP contribution in [-0.2, 0) is 11.4 Å². The maximum Gasteiger partial charge on any atom is 0.248 e. The number of benzene rings is 2. The number of hydrogen-bond donors (Lipinski definition) is 2. The maximum absolute atomic E-state index is 12.6. The molecule has 4 aromatic rings. The van der Waals surface area contributed by atoms with Crippen LogP contribution in [0.4, 0.5) is 17.2 Å². The van der Waals surface area contributed by atoms with Gasteiger partial charge in [-0.2, -0.15) is 0 Å². The summed E-state index contributed by atoms with van der Waals surface area (Å²) in [6.45, 7) is 1.34. The molecule has 2 aromatic heterocycles. The lowest BCUT2D eigenvalue weighted by Crippen LogP contribution is -2.23. The molecule has 194 valence electrons. The highest BCUT2D eigenvalue weighted by Crippen LogP contribution is 2.36. The van der Waals surface area contributed by atoms with Gasteiger partial charge in [-0.3, -0.25) is 14.7 Å². The Kier molecular flexibility index (Phi) is 8.03. The third-order valence-corrected chi connectivity index (χ3v) is 7.03. The zero-order valence-electron chi connectivity index (χ0n) is 20.7. The third-order valence-electron chi connectivity index (χ3n) is 6.34. The van der Waals surface area contributed by atoms with Gasteiger partial charge in [0.1, 0.15) is 24.5 Å². The summed E-state index contributed by atoms with van der Waals surface area (Å²) in [6.07, 6.45) is 8.84. The summed E-state index contributed by atoms with van der Waals surface area (Å²) in [6, 6.07) is 14.8. The van der Waals surface area contributed by atoms with Crippen molar-refractivity contribution in [1.29, 1.82) is 0 Å². The number of anilines is 3. The number of nitrogens with zero attached hydrogens (tertiary/aromatic N) is 4. The Hall–Kier alpha value is -3.72. The number of likely N-dealkylation sites (N-methyl/N-ethyl adjacent to an activating group) is 1. The van der Waals surface area contributed by atoms with Crippen molar-refractivity contribution in [3.63, 3.8) is 0 Å². The molecule has 2 N–H and O–H groups in total. The standard InChI is InChI=1S/C28H26Cl2N6O2/c1-36-14-4-6-20(36)8-12-25(37)35-23-10-9-22-26(27(23)30)28(33-17-32-22)34-18-7-11-24(21(29)15-18)38-16-19-5-2-3-13-31-19/h2-3,5,7-13,15,17,20H,4,6,14,16H2,1H3,(H,35,37)(H,32,33,34)/b12-8+. The fourth-order valence-corrected chi connectivity index (χ4v) is 4.85. The minimum atomic E-state index is -0.244. The number of amides is 1. The van der Waals surface area contributed by atoms with Crippen LogP contribution in [0.2, 0.25) is 10.0 Å². The highest BCUT2D eigenvalue weighted by molar-refractivity contribution is 6.39. The number of aromatic nitrogens is 3. The number of hydrogen-bond acceptors (Lipinski definition) is 7. The fourth-order valence-electron chi connectivity index (χ4n) is 4.32. The summed E-state index contributed by atoms with van der Waals surface area (Å²) in [7, 11) is 2.06. The van der Waals surface area contributed by atoms with Crippen LogP contribution in [0.3, 0.4) is 0 Å². The summed E-state index contributed by atoms with van der Waals surface area (Å²) in [5.41, 5.74) is 2.60. The number of halogens is 2. The van der Waals surface area contributed by atoms with Gasteiger partial charge in [-0.05, 0) is 68.9 Å². The molecule has 1 saturated heterocycles. The lowest BCUT2D eigenvalue weighted by molar-refractivity contribution is -0.111. The highest BCUT2D eigenvalue weighted by Gasteiger charge is 2.18. The summed E-state index contributed by atoms with van der Waals surface area (Å²) < 4.78 is 5.81. The van der Waals surface area contributed by atoms with Crippen LogP contribution in [0.5, 0.6) is 5.75 Å². The smallest absolute Gasteiger partial charge is 0.248 e. The maximum atomic E-state index is 12.6. The number of fused-ring (bicyclic) bond motifs is 1. The fraction of sp³-hybridized carbons (Fsp3) is 0.214. The van der Waals surface area contributed by atoms with E-state index in [-0.39, 0.29) is 11.9 Å². The molecule has 1 amide bonds. The first kappa shape index (κ1) is 25.9. The second-order valence-electron chi connectivity index (χ2n) is 8.96. The van der Waals surface area contributed by atoms with E-state index in [1.54, 1.807) is 36.5 Å². The summed E-state index contributed by atoms with van der Waals surface area (Å²) in [4.78, 5) is 27.8. The van der Waals surface area contributed by atoms with Crippen molar-refractivity contribution < 1.29 is 9.53 Å². The van der Waals surface area contributed by atoms with Crippen molar-refractivity contribution in [3.05, 3.63) is 88.9 Å². The van der Waals surface area contributed by atoms with Crippen LogP contribution in [0.25, 0.3) is 10.9 Å². The van der Waals surface area contributed by atoms with Gasteiger partial charge in [0.25, 0.3) is 0 Å². The van der Waals surface area contributed by atoms with Crippen LogP contribution in [0.15, 0.2) is 73.2 Å². The third kappa shape index (κ3) is 6.05. The molecule has 0 saturated carbocycles. The summed E-state index contributed by atoms with van der Waals surface area (Å²) in [5, 5.41) is 7.49. The summed E-state index contributed by atoms with van der Waals surface area (Å²) in [5.74, 6) is 0.777. The quantitative estimate of drug-likeness (QED) is 0.251. The van der Waals surface area contributed by atoms with Gasteiger partial charge < -0.3 is 15.4 Å². The van der Waals surface area contributed by atoms with E-state index in [1.165, 1.54) is 6.33 Å². The van der Waals surface area contributed by atoms with Crippen molar-refractivity contribution in [3.8, 4) is 5.75 Å². The Morgan fingerprint density at radius 2 is 2.05 bits per heavy atom. The van der Waals surface area contributed by atoms with Crippen molar-refractivity contribution in [2.75, 3.05) is 24.2 Å². The van der Waals surface area contributed by atoms with Crippen LogP contribution in [-0.4, -0.2) is 45.4 Å². The van der Waals surface area contributed by atoms with Gasteiger partial charge in [-0.15, -0.1) is 0 Å². The Labute approximate surface area is 230 Å². The molecule has 8 nitrogen and oxygen atoms in total. The minimum Gasteiger partial charge on any atom is -0.486 e. The number of ether oxygens (including phenoxy) is 1. The molecular weight excluding hydrogens is 523 g/mol. The van der Waals surface area contributed by atoms with E-state index >= 15 is 0 Å². The van der Waals surface area contributed by atoms with Gasteiger partial charge >= 0.3 is 0 Å². The molecule has 3 heterocycles. The zero-order chi connectivity index (χ0) is 26.5. The minimum absolute atomic E-state index is 0.244. The highest BCUT2D eigenvalue weighted by atomic mass is 35.5. The number of likely N-dealkylation sites (tertiary alicyclic amines) is 1. The predicted octanol–water partition coefficient (Wildman–Crippen LogP) is 6.24. The number of carbonyl (C=O) groups is 1. The molecule has 2 aromatic carbocycles. The van der Waals surface area contributed by atoms with Gasteiger partial charge in [-0.25, -0.2) is 9.97 Å². The lowest BCUT2D eigenvalue weighted by atomic mass is 10.2. The molecule has 10 heteroatoms. The monoisotopic (exact) mass is 548 g/mol. The molecule has 1 atom stereocenters. The Balaban J connectivity index is 1.32. The van der Waals surface area contributed by atoms with E-state index in [1.807, 2.05) is 30.3 Å². The first-order valence-corrected chi connectivity index (χ1v) is 13.0. The zero-order valence-corrected chi connectivity index (χ0v) is 22.2. The van der Waals surface area contributed by atoms with Gasteiger partial charge in [0, 0.05) is 24.0 Å². The van der Waals surface area contributed by atoms with Crippen LogP contribution in [0, 0.1) is 0 Å². The number of carbonyl (C=O) groups excluding carboxylic acids is 1. The first-order chi connectivity index (χ1) is 18.5. The van der Waals surface area contributed by atoms with Gasteiger partial charge in [-0.1, -0.05) is 35.3 Å². The number of rotatable bonds is 8. The molecule has 1 aliphatic rings. The molecule has 1 aliphatic heterocycles. The van der Waals surface area contributed by atoms with Crippen molar-refractivity contribution in [1.82, 2.24) is 19.9 Å². The van der Waals surface area contributed by atoms with Crippen LogP contribution >= 0.6 is 23.2 Å². The number of nitrogens with one attached hydrogen (secondary N) is 2. The second-order valence-corrected chi connectivity index (χ2v) is 9.75. The van der Waals surface area contributed by atoms with Crippen molar-refractivity contribution in [2.45, 2.75) is 25.5 Å². The Morgan fingerprint density at radius 1 is 1.16 bits per heavy atom. The SMILES string of the molecule is CN1CCCC1/C=C/C(=O)Nc1ccc2ncnc(Nc3ccc(OCc4ccccn4)c(Cl)c3)c2c1Cl. The lowest BCUT2D eigenvalue weighted by Gasteiger charge is -2.15. The molecular formula is C28H26Cl2N6O2. The molecule has 1 fully saturated rings. The molecule has 0 radical (unpaired) electrons. The van der Waals surface area contributed by atoms with E-state index in [9.17, 15) is 4.79 Å². The summed E-state index contributed by atoms with van der Waals surface area (Å²) >= 11 is 13.2. The van der Waals surface area contributed by atoms with E-state index in [0.717, 1.165) is 25.1 Å². The second kappa shape index (κ2) is 11.8. The van der Waals surface area contributed by atoms with E-state index in [0.29, 0.717) is 50.5 Å². The topological polar surface area (TPSA) is 92.3 Å². The van der Waals surface area contributed by atoms with E-state index < -0.39 is 0 Å². The largest absolute Gasteiger partial charge is 0.486 e. The Bertz CT molecular complexity index is 1480. The van der Waals surface area contributed by atoms with Gasteiger partial charge in [0.15, 0.2) is 0 Å². The average Bonchev–Trinajstić information content (AvgIpc) is 3.34. The van der Waals surface area contributed by atoms with Crippen molar-refractivity contribution >= 4 is 57.2 Å². The first-order valence-electron chi connectivity index (χ1n) is 12.2. The average molecular weight is 549 g/mol. The van der Waals surface area contributed by atoms with Crippen molar-refractivity contribution in [2.24, 2.45) is 0 Å². The van der Waals surface area contributed by atoms with Crippen LogP contribution < -0.4 is 15.4 Å². The Morgan fingerprint density at radius 3 is 2.82 bits per heavy atom. The molecule has 0 spiro atoms. The molecule has 38 heavy (non-hydrogen) atoms. The molecule has 0 bridgehead atoms. The number of pyridine rings is 1. The van der Waals surface area contributed by atoms with E-state index in [2.05, 4.69) is 37.5 Å². The normalized spacial score (nSPS) is 15.7. The van der Waals surface area contributed by atoms with Crippen LogP contribution in [0.1, 0.15) is 18.5 Å². The van der Waals surface area contributed by atoms with Gasteiger partial charge in [0.2, 0.25) is 5.91 Å². The molecule has 5 rings (SSSR count). The molecule has 0 aliphatic carbocycles. The molecule has 1 unspecified atom stereocenters. The predicted molar refractivity (Wildman–Crippen MR) is 151 cm³/mol. The van der Waals surface area contributed by atoms with Gasteiger partial charge in [0.05, 0.1) is 32.3 Å².